The molecule has 0 saturated carbocycles. The highest BCUT2D eigenvalue weighted by Gasteiger charge is 2.65. The van der Waals surface area contributed by atoms with Crippen molar-refractivity contribution in [2.24, 2.45) is 0 Å². The minimum absolute atomic E-state index is 0.0879. The number of hydrogen-bond donors (Lipinski definition) is 12. The van der Waals surface area contributed by atoms with Crippen molar-refractivity contribution in [3.8, 4) is 5.75 Å². The van der Waals surface area contributed by atoms with Crippen molar-refractivity contribution in [1.82, 2.24) is 0 Å². The Morgan fingerprint density at radius 1 is 0.767 bits per heavy atom. The number of aromatic hydroxyl groups is 1. The van der Waals surface area contributed by atoms with Crippen LogP contribution in [0.15, 0.2) is 53.0 Å². The summed E-state index contributed by atoms with van der Waals surface area (Å²) >= 11 is 0. The Balaban J connectivity index is 1.92. The highest BCUT2D eigenvalue weighted by molar-refractivity contribution is 6.28. The van der Waals surface area contributed by atoms with Gasteiger partial charge in [0.15, 0.2) is 0 Å². The minimum atomic E-state index is -3.63. The van der Waals surface area contributed by atoms with E-state index in [1.807, 2.05) is 0 Å². The molecular weight excluding hydrogens is 580 g/mol. The number of phenolic OH excluding ortho intramolecular Hbond substituents is 1. The summed E-state index contributed by atoms with van der Waals surface area (Å²) in [7, 11) is 0. The smallest absolute Gasteiger partial charge is 0.219 e. The second-order valence-electron chi connectivity index (χ2n) is 10.4. The molecule has 0 amide bonds. The second-order valence-corrected chi connectivity index (χ2v) is 10.4. The van der Waals surface area contributed by atoms with Gasteiger partial charge in [0.1, 0.15) is 83.9 Å². The van der Waals surface area contributed by atoms with Gasteiger partial charge in [0.25, 0.3) is 0 Å². The summed E-state index contributed by atoms with van der Waals surface area (Å²) in [6.45, 7) is -1.99. The van der Waals surface area contributed by atoms with E-state index in [2.05, 4.69) is 0 Å². The van der Waals surface area contributed by atoms with Crippen molar-refractivity contribution in [2.45, 2.75) is 66.6 Å². The quantitative estimate of drug-likeness (QED) is 0.0820. The van der Waals surface area contributed by atoms with Gasteiger partial charge in [-0.2, -0.15) is 0 Å². The van der Waals surface area contributed by atoms with Gasteiger partial charge >= 0.3 is 0 Å². The van der Waals surface area contributed by atoms with Crippen LogP contribution in [0.4, 0.5) is 0 Å². The van der Waals surface area contributed by atoms with Gasteiger partial charge in [-0.05, 0) is 23.8 Å². The zero-order valence-electron chi connectivity index (χ0n) is 22.2. The summed E-state index contributed by atoms with van der Waals surface area (Å²) in [6.07, 6.45) is -18.7. The monoisotopic (exact) mass is 612 g/mol. The molecule has 1 aromatic rings. The Bertz CT molecular complexity index is 1320. The topological polar surface area (TPSA) is 295 Å². The van der Waals surface area contributed by atoms with Crippen LogP contribution in [-0.4, -0.2) is 153 Å². The first kappa shape index (κ1) is 32.6. The molecule has 2 heterocycles. The molecule has 236 valence electrons. The lowest BCUT2D eigenvalue weighted by Crippen LogP contribution is -2.72. The first-order chi connectivity index (χ1) is 20.2. The van der Waals surface area contributed by atoms with Crippen molar-refractivity contribution < 1.29 is 80.3 Å². The van der Waals surface area contributed by atoms with Crippen LogP contribution in [0.25, 0.3) is 6.08 Å². The fourth-order valence-electron chi connectivity index (χ4n) is 5.24. The van der Waals surface area contributed by atoms with Crippen molar-refractivity contribution in [2.75, 3.05) is 13.2 Å². The van der Waals surface area contributed by atoms with E-state index < -0.39 is 114 Å². The van der Waals surface area contributed by atoms with Crippen LogP contribution in [0.3, 0.4) is 0 Å². The number of aliphatic hydroxyl groups is 11. The van der Waals surface area contributed by atoms with Crippen LogP contribution >= 0.6 is 0 Å². The maximum absolute atomic E-state index is 13.9. The SMILES string of the molecule is O=C1C(=C(O)/C=C/c2ccc(O)cc2)C(O)=C([C@H]2O[C@H](CO)[C@@H](O)[C@H](O)[C@H]2O)C(=O)[C@@]1(O)[C@@H]1O[C@H](CO)[C@@H](O)[C@H](O)[C@H]1O. The number of ether oxygens (including phenoxy) is 2. The number of Topliss-reactive ketones (excluding diaryl/α,β-unsaturated/α-hetero) is 2. The molecule has 3 aliphatic rings. The molecule has 16 heteroatoms. The number of ketones is 2. The zero-order valence-corrected chi connectivity index (χ0v) is 22.2. The molecule has 2 fully saturated rings. The third-order valence-electron chi connectivity index (χ3n) is 7.72. The number of rotatable bonds is 6. The van der Waals surface area contributed by atoms with Gasteiger partial charge in [0, 0.05) is 0 Å². The Hall–Kier alpha value is -3.26. The van der Waals surface area contributed by atoms with Crippen molar-refractivity contribution in [1.29, 1.82) is 0 Å². The molecular formula is C27H32O16. The molecule has 1 aliphatic carbocycles. The van der Waals surface area contributed by atoms with E-state index in [0.29, 0.717) is 5.56 Å². The predicted molar refractivity (Wildman–Crippen MR) is 139 cm³/mol. The minimum Gasteiger partial charge on any atom is -0.508 e. The molecule has 12 N–H and O–H groups in total. The molecule has 0 spiro atoms. The van der Waals surface area contributed by atoms with Crippen LogP contribution in [0, 0.1) is 0 Å². The van der Waals surface area contributed by atoms with Gasteiger partial charge in [-0.25, -0.2) is 0 Å². The van der Waals surface area contributed by atoms with E-state index in [4.69, 9.17) is 9.47 Å². The van der Waals surface area contributed by atoms with E-state index in [9.17, 15) is 70.9 Å². The molecule has 0 unspecified atom stereocenters. The first-order valence-electron chi connectivity index (χ1n) is 13.0. The summed E-state index contributed by atoms with van der Waals surface area (Å²) < 4.78 is 10.6. The predicted octanol–water partition coefficient (Wildman–Crippen LogP) is -4.40. The number of benzene rings is 1. The van der Waals surface area contributed by atoms with Crippen LogP contribution in [0.1, 0.15) is 5.56 Å². The number of carbonyl (C=O) groups excluding carboxylic acids is 2. The molecule has 2 saturated heterocycles. The molecule has 43 heavy (non-hydrogen) atoms. The Morgan fingerprint density at radius 2 is 1.30 bits per heavy atom. The molecule has 16 nitrogen and oxygen atoms in total. The summed E-state index contributed by atoms with van der Waals surface area (Å²) in [5, 5.41) is 125. The third kappa shape index (κ3) is 5.47. The molecule has 2 aliphatic heterocycles. The van der Waals surface area contributed by atoms with Gasteiger partial charge in [-0.3, -0.25) is 9.59 Å². The molecule has 0 bridgehead atoms. The normalized spacial score (nSPS) is 40.3. The number of carbonyl (C=O) groups is 2. The fourth-order valence-corrected chi connectivity index (χ4v) is 5.24. The van der Waals surface area contributed by atoms with E-state index in [-0.39, 0.29) is 5.75 Å². The fraction of sp³-hybridized carbons (Fsp3) is 0.481. The molecule has 4 rings (SSSR count). The molecule has 1 aromatic carbocycles. The van der Waals surface area contributed by atoms with E-state index in [1.165, 1.54) is 30.3 Å². The Labute approximate surface area is 242 Å². The number of hydrogen-bond acceptors (Lipinski definition) is 16. The van der Waals surface area contributed by atoms with Gasteiger partial charge in [-0.1, -0.05) is 18.2 Å². The molecule has 0 radical (unpaired) electrons. The number of aliphatic hydroxyl groups excluding tert-OH is 10. The van der Waals surface area contributed by atoms with E-state index in [1.54, 1.807) is 0 Å². The highest BCUT2D eigenvalue weighted by Crippen LogP contribution is 2.42. The Morgan fingerprint density at radius 3 is 1.86 bits per heavy atom. The lowest BCUT2D eigenvalue weighted by atomic mass is 9.69. The second kappa shape index (κ2) is 12.4. The molecule has 0 aromatic heterocycles. The summed E-state index contributed by atoms with van der Waals surface area (Å²) in [6, 6.07) is 5.38. The van der Waals surface area contributed by atoms with Crippen molar-refractivity contribution in [3.05, 3.63) is 58.6 Å². The van der Waals surface area contributed by atoms with Gasteiger partial charge in [-0.15, -0.1) is 0 Å². The van der Waals surface area contributed by atoms with Crippen LogP contribution in [0.2, 0.25) is 0 Å². The summed E-state index contributed by atoms with van der Waals surface area (Å²) in [5.41, 5.74) is -5.62. The standard InChI is InChI=1S/C27H32O16/c28-7-12-16(32)19(35)21(37)23(42-12)15-18(34)14(11(31)6-3-9-1-4-10(30)5-2-9)24(39)27(41,25(15)40)26-22(38)20(36)17(33)13(8-29)43-26/h1-6,12-13,16-17,19-23,26,28-38,41H,7-8H2/b6-3+,14-11?/t12-,13-,16-,17-,19+,20+,21-,22-,23-,26-,27-/m1/s1. The van der Waals surface area contributed by atoms with Gasteiger partial charge in [0.2, 0.25) is 17.2 Å². The first-order valence-corrected chi connectivity index (χ1v) is 13.0. The average Bonchev–Trinajstić information content (AvgIpc) is 2.98. The maximum Gasteiger partial charge on any atom is 0.219 e. The lowest BCUT2D eigenvalue weighted by molar-refractivity contribution is -0.261. The van der Waals surface area contributed by atoms with Gasteiger partial charge < -0.3 is 70.8 Å². The largest absolute Gasteiger partial charge is 0.508 e. The number of allylic oxidation sites excluding steroid dienone is 2. The lowest BCUT2D eigenvalue weighted by Gasteiger charge is -2.48. The third-order valence-corrected chi connectivity index (χ3v) is 7.72. The molecule has 11 atom stereocenters. The van der Waals surface area contributed by atoms with Crippen molar-refractivity contribution in [3.63, 3.8) is 0 Å². The zero-order chi connectivity index (χ0) is 32.0. The van der Waals surface area contributed by atoms with Crippen molar-refractivity contribution >= 4 is 17.6 Å². The van der Waals surface area contributed by atoms with Crippen LogP contribution in [-0.2, 0) is 19.1 Å². The summed E-state index contributed by atoms with van der Waals surface area (Å²) in [4.78, 5) is 27.6. The van der Waals surface area contributed by atoms with E-state index in [0.717, 1.165) is 6.08 Å². The van der Waals surface area contributed by atoms with E-state index >= 15 is 0 Å². The number of phenols is 1. The van der Waals surface area contributed by atoms with Gasteiger partial charge in [0.05, 0.1) is 18.8 Å². The van der Waals surface area contributed by atoms with Crippen LogP contribution < -0.4 is 0 Å². The average molecular weight is 613 g/mol. The Kier molecular flexibility index (Phi) is 9.41. The summed E-state index contributed by atoms with van der Waals surface area (Å²) in [5.74, 6) is -6.12. The van der Waals surface area contributed by atoms with Crippen LogP contribution in [0.5, 0.6) is 5.75 Å². The highest BCUT2D eigenvalue weighted by atomic mass is 16.6. The maximum atomic E-state index is 13.9.